The summed E-state index contributed by atoms with van der Waals surface area (Å²) < 4.78 is 0. The summed E-state index contributed by atoms with van der Waals surface area (Å²) in [6.07, 6.45) is 12.0. The molecule has 0 amide bonds. The van der Waals surface area contributed by atoms with Gasteiger partial charge in [0.15, 0.2) is 0 Å². The molecule has 3 aliphatic rings. The summed E-state index contributed by atoms with van der Waals surface area (Å²) in [7, 11) is 0. The van der Waals surface area contributed by atoms with Crippen LogP contribution >= 0.6 is 11.3 Å². The van der Waals surface area contributed by atoms with Crippen molar-refractivity contribution in [2.75, 3.05) is 31.2 Å². The third kappa shape index (κ3) is 3.28. The average Bonchev–Trinajstić information content (AvgIpc) is 2.91. The van der Waals surface area contributed by atoms with E-state index < -0.39 is 0 Å². The smallest absolute Gasteiger partial charge is 0.111 e. The topological polar surface area (TPSA) is 18.8 Å². The second-order valence-electron chi connectivity index (χ2n) is 7.96. The molecule has 1 aliphatic carbocycles. The van der Waals surface area contributed by atoms with Gasteiger partial charge in [0.1, 0.15) is 11.7 Å². The number of fused-ring (bicyclic) bond motifs is 1. The van der Waals surface area contributed by atoms with Gasteiger partial charge in [0.25, 0.3) is 0 Å². The first-order valence-electron chi connectivity index (χ1n) is 9.81. The minimum Gasteiger partial charge on any atom is -0.340 e. The van der Waals surface area contributed by atoms with Crippen LogP contribution in [0.25, 0.3) is 0 Å². The molecule has 2 fully saturated rings. The molecule has 0 unspecified atom stereocenters. The van der Waals surface area contributed by atoms with Crippen molar-refractivity contribution >= 4 is 22.6 Å². The highest BCUT2D eigenvalue weighted by molar-refractivity contribution is 7.16. The second-order valence-corrected chi connectivity index (χ2v) is 9.16. The number of hydrogen-bond donors (Lipinski definition) is 0. The summed E-state index contributed by atoms with van der Waals surface area (Å²) in [6.45, 7) is 9.26. The Hall–Kier alpha value is -0.870. The van der Waals surface area contributed by atoms with Crippen LogP contribution < -0.4 is 4.90 Å². The first-order chi connectivity index (χ1) is 11.7. The molecule has 1 aromatic rings. The number of thiophene rings is 1. The van der Waals surface area contributed by atoms with Gasteiger partial charge in [0, 0.05) is 42.3 Å². The maximum atomic E-state index is 4.66. The van der Waals surface area contributed by atoms with Gasteiger partial charge in [-0.3, -0.25) is 4.99 Å². The van der Waals surface area contributed by atoms with E-state index in [2.05, 4.69) is 34.9 Å². The van der Waals surface area contributed by atoms with Crippen molar-refractivity contribution in [3.8, 4) is 0 Å². The molecule has 0 aromatic carbocycles. The first kappa shape index (κ1) is 16.6. The van der Waals surface area contributed by atoms with E-state index in [4.69, 9.17) is 0 Å². The van der Waals surface area contributed by atoms with E-state index in [1.807, 2.05) is 11.3 Å². The number of aryl methyl sites for hydroxylation is 1. The monoisotopic (exact) mass is 345 g/mol. The van der Waals surface area contributed by atoms with Crippen molar-refractivity contribution in [2.24, 2.45) is 10.9 Å². The molecule has 0 bridgehead atoms. The van der Waals surface area contributed by atoms with Gasteiger partial charge >= 0.3 is 0 Å². The van der Waals surface area contributed by atoms with E-state index in [9.17, 15) is 0 Å². The molecule has 4 rings (SSSR count). The minimum atomic E-state index is 0.682. The predicted molar refractivity (Wildman–Crippen MR) is 105 cm³/mol. The highest BCUT2D eigenvalue weighted by Gasteiger charge is 2.30. The second kappa shape index (κ2) is 7.17. The fraction of sp³-hybridized carbons (Fsp3) is 0.750. The van der Waals surface area contributed by atoms with Crippen LogP contribution in [0.1, 0.15) is 60.9 Å². The summed E-state index contributed by atoms with van der Waals surface area (Å²) in [5, 5.41) is 1.48. The van der Waals surface area contributed by atoms with Gasteiger partial charge in [0.2, 0.25) is 0 Å². The van der Waals surface area contributed by atoms with E-state index >= 15 is 0 Å². The van der Waals surface area contributed by atoms with Crippen LogP contribution in [0.3, 0.4) is 0 Å². The lowest BCUT2D eigenvalue weighted by atomic mass is 9.88. The predicted octanol–water partition coefficient (Wildman–Crippen LogP) is 4.61. The summed E-state index contributed by atoms with van der Waals surface area (Å²) in [5.74, 6) is 0.976. The maximum Gasteiger partial charge on any atom is 0.111 e. The molecule has 3 heterocycles. The Morgan fingerprint density at radius 1 is 1.08 bits per heavy atom. The molecule has 4 heteroatoms. The maximum absolute atomic E-state index is 4.66. The lowest BCUT2D eigenvalue weighted by Gasteiger charge is -2.40. The molecule has 0 spiro atoms. The Labute approximate surface area is 150 Å². The van der Waals surface area contributed by atoms with E-state index in [0.717, 1.165) is 12.6 Å². The summed E-state index contributed by atoms with van der Waals surface area (Å²) in [4.78, 5) is 11.4. The summed E-state index contributed by atoms with van der Waals surface area (Å²) in [6, 6.07) is 0.682. The number of hydrogen-bond acceptors (Lipinski definition) is 4. The number of likely N-dealkylation sites (tertiary alicyclic amines) is 1. The molecule has 3 nitrogen and oxygen atoms in total. The summed E-state index contributed by atoms with van der Waals surface area (Å²) >= 11 is 1.97. The normalized spacial score (nSPS) is 23.7. The Morgan fingerprint density at radius 2 is 1.83 bits per heavy atom. The van der Waals surface area contributed by atoms with E-state index in [1.54, 1.807) is 0 Å². The van der Waals surface area contributed by atoms with Gasteiger partial charge in [-0.1, -0.05) is 19.3 Å². The molecule has 1 aromatic heterocycles. The van der Waals surface area contributed by atoms with Gasteiger partial charge in [-0.15, -0.1) is 11.3 Å². The van der Waals surface area contributed by atoms with Crippen LogP contribution in [0.5, 0.6) is 0 Å². The standard InChI is InChI=1S/C20H31N3S/c1-15-16(2)24-20-19(15)12-21-14-23(20)18-8-10-22(11-9-18)13-17-6-4-3-5-7-17/h12,17-18H,3-11,13-14H2,1-2H3. The van der Waals surface area contributed by atoms with Gasteiger partial charge in [-0.2, -0.15) is 0 Å². The van der Waals surface area contributed by atoms with E-state index in [0.29, 0.717) is 6.04 Å². The molecular formula is C20H31N3S. The van der Waals surface area contributed by atoms with Crippen molar-refractivity contribution in [1.29, 1.82) is 0 Å². The van der Waals surface area contributed by atoms with Crippen molar-refractivity contribution < 1.29 is 0 Å². The number of aliphatic imine (C=N–C) groups is 1. The molecule has 2 aliphatic heterocycles. The van der Waals surface area contributed by atoms with Crippen LogP contribution in [0, 0.1) is 19.8 Å². The molecule has 132 valence electrons. The van der Waals surface area contributed by atoms with Crippen molar-refractivity contribution in [1.82, 2.24) is 4.90 Å². The zero-order valence-corrected chi connectivity index (χ0v) is 16.1. The van der Waals surface area contributed by atoms with Crippen molar-refractivity contribution in [2.45, 2.75) is 64.8 Å². The minimum absolute atomic E-state index is 0.682. The third-order valence-electron chi connectivity index (χ3n) is 6.37. The molecular weight excluding hydrogens is 314 g/mol. The quantitative estimate of drug-likeness (QED) is 0.797. The zero-order valence-electron chi connectivity index (χ0n) is 15.3. The van der Waals surface area contributed by atoms with Gasteiger partial charge in [0.05, 0.1) is 0 Å². The lowest BCUT2D eigenvalue weighted by Crippen LogP contribution is -2.47. The Bertz CT molecular complexity index is 592. The first-order valence-corrected chi connectivity index (χ1v) is 10.6. The molecule has 1 saturated heterocycles. The molecule has 0 N–H and O–H groups in total. The average molecular weight is 346 g/mol. The lowest BCUT2D eigenvalue weighted by molar-refractivity contribution is 0.162. The number of piperidine rings is 1. The van der Waals surface area contributed by atoms with Crippen molar-refractivity contribution in [3.63, 3.8) is 0 Å². The Kier molecular flexibility index (Phi) is 4.95. The third-order valence-corrected chi connectivity index (χ3v) is 7.63. The van der Waals surface area contributed by atoms with Crippen LogP contribution in [0.2, 0.25) is 0 Å². The fourth-order valence-corrected chi connectivity index (χ4v) is 5.90. The van der Waals surface area contributed by atoms with Gasteiger partial charge < -0.3 is 9.80 Å². The van der Waals surface area contributed by atoms with Crippen LogP contribution in [0.4, 0.5) is 5.00 Å². The number of nitrogens with zero attached hydrogens (tertiary/aromatic N) is 3. The highest BCUT2D eigenvalue weighted by Crippen LogP contribution is 2.38. The Morgan fingerprint density at radius 3 is 2.58 bits per heavy atom. The largest absolute Gasteiger partial charge is 0.340 e. The van der Waals surface area contributed by atoms with Crippen LogP contribution in [0.15, 0.2) is 4.99 Å². The van der Waals surface area contributed by atoms with E-state index in [1.165, 1.54) is 85.6 Å². The molecule has 24 heavy (non-hydrogen) atoms. The Balaban J connectivity index is 1.36. The van der Waals surface area contributed by atoms with Gasteiger partial charge in [-0.05, 0) is 51.0 Å². The molecule has 1 saturated carbocycles. The molecule has 0 radical (unpaired) electrons. The SMILES string of the molecule is Cc1sc2c(c1C)C=NCN2C1CCN(CC2CCCCC2)CC1. The number of anilines is 1. The summed E-state index contributed by atoms with van der Waals surface area (Å²) in [5.41, 5.74) is 2.81. The van der Waals surface area contributed by atoms with E-state index in [-0.39, 0.29) is 0 Å². The highest BCUT2D eigenvalue weighted by atomic mass is 32.1. The van der Waals surface area contributed by atoms with Crippen LogP contribution in [-0.2, 0) is 0 Å². The van der Waals surface area contributed by atoms with Gasteiger partial charge in [-0.25, -0.2) is 0 Å². The fourth-order valence-electron chi connectivity index (χ4n) is 4.71. The van der Waals surface area contributed by atoms with Crippen LogP contribution in [-0.4, -0.2) is 43.5 Å². The molecule has 0 atom stereocenters. The zero-order chi connectivity index (χ0) is 16.5. The van der Waals surface area contributed by atoms with Crippen molar-refractivity contribution in [3.05, 3.63) is 16.0 Å². The number of rotatable bonds is 3.